The molecule has 0 aliphatic carbocycles. The zero-order chi connectivity index (χ0) is 18.4. The molecule has 0 atom stereocenters. The third-order valence-corrected chi connectivity index (χ3v) is 4.60. The van der Waals surface area contributed by atoms with Crippen molar-refractivity contribution in [3.05, 3.63) is 66.0 Å². The first-order valence-electron chi connectivity index (χ1n) is 9.41. The molecule has 0 saturated carbocycles. The van der Waals surface area contributed by atoms with Crippen molar-refractivity contribution in [3.8, 4) is 0 Å². The van der Waals surface area contributed by atoms with Crippen molar-refractivity contribution in [2.24, 2.45) is 5.92 Å². The molecule has 4 heteroatoms. The van der Waals surface area contributed by atoms with E-state index in [4.69, 9.17) is 4.98 Å². The number of carbonyl (C=O) groups excluding carboxylic acids is 1. The van der Waals surface area contributed by atoms with Crippen molar-refractivity contribution in [2.45, 2.75) is 39.7 Å². The van der Waals surface area contributed by atoms with Gasteiger partial charge in [0.2, 0.25) is 5.91 Å². The van der Waals surface area contributed by atoms with E-state index in [-0.39, 0.29) is 11.8 Å². The first-order valence-corrected chi connectivity index (χ1v) is 9.41. The molecule has 0 unspecified atom stereocenters. The second kappa shape index (κ2) is 8.65. The lowest BCUT2D eigenvalue weighted by Gasteiger charge is -2.10. The van der Waals surface area contributed by atoms with Gasteiger partial charge in [0.05, 0.1) is 11.0 Å². The molecule has 1 amide bonds. The number of benzene rings is 2. The molecule has 1 aromatic heterocycles. The molecule has 0 spiro atoms. The van der Waals surface area contributed by atoms with Gasteiger partial charge in [0.25, 0.3) is 0 Å². The van der Waals surface area contributed by atoms with Gasteiger partial charge in [0, 0.05) is 25.4 Å². The summed E-state index contributed by atoms with van der Waals surface area (Å²) in [5.74, 6) is 1.24. The number of rotatable bonds is 8. The quantitative estimate of drug-likeness (QED) is 0.625. The van der Waals surface area contributed by atoms with Crippen LogP contribution in [-0.4, -0.2) is 22.0 Å². The molecular formula is C22H27N3O. The minimum Gasteiger partial charge on any atom is -0.356 e. The molecule has 0 fully saturated rings. The van der Waals surface area contributed by atoms with Gasteiger partial charge >= 0.3 is 0 Å². The van der Waals surface area contributed by atoms with Crippen LogP contribution >= 0.6 is 0 Å². The van der Waals surface area contributed by atoms with Gasteiger partial charge in [-0.25, -0.2) is 4.98 Å². The number of carbonyl (C=O) groups is 1. The smallest absolute Gasteiger partial charge is 0.222 e. The minimum atomic E-state index is 0.0328. The van der Waals surface area contributed by atoms with Gasteiger partial charge in [0.15, 0.2) is 0 Å². The molecule has 0 bridgehead atoms. The second-order valence-electron chi connectivity index (χ2n) is 6.95. The minimum absolute atomic E-state index is 0.0328. The number of fused-ring (bicyclic) bond motifs is 1. The van der Waals surface area contributed by atoms with Crippen LogP contribution in [0.5, 0.6) is 0 Å². The number of hydrogen-bond donors (Lipinski definition) is 1. The Morgan fingerprint density at radius 2 is 1.77 bits per heavy atom. The second-order valence-corrected chi connectivity index (χ2v) is 6.95. The summed E-state index contributed by atoms with van der Waals surface area (Å²) in [5.41, 5.74) is 3.56. The maximum atomic E-state index is 11.7. The summed E-state index contributed by atoms with van der Waals surface area (Å²) in [5, 5.41) is 2.99. The number of nitrogens with zero attached hydrogens (tertiary/aromatic N) is 2. The van der Waals surface area contributed by atoms with E-state index >= 15 is 0 Å². The molecule has 0 saturated heterocycles. The van der Waals surface area contributed by atoms with Crippen LogP contribution in [0, 0.1) is 5.92 Å². The standard InChI is InChI=1S/C22H27N3O/c1-17(2)22(26)23-15-8-13-21-24-19-11-6-7-12-20(19)25(21)16-14-18-9-4-3-5-10-18/h3-7,9-12,17H,8,13-16H2,1-2H3,(H,23,26). The molecular weight excluding hydrogens is 322 g/mol. The summed E-state index contributed by atoms with van der Waals surface area (Å²) >= 11 is 0. The third-order valence-electron chi connectivity index (χ3n) is 4.60. The lowest BCUT2D eigenvalue weighted by Crippen LogP contribution is -2.28. The Morgan fingerprint density at radius 1 is 1.04 bits per heavy atom. The molecule has 1 heterocycles. The van der Waals surface area contributed by atoms with Crippen LogP contribution in [0.4, 0.5) is 0 Å². The zero-order valence-electron chi connectivity index (χ0n) is 15.6. The average molecular weight is 349 g/mol. The number of amides is 1. The normalized spacial score (nSPS) is 11.2. The van der Waals surface area contributed by atoms with E-state index in [1.165, 1.54) is 11.1 Å². The highest BCUT2D eigenvalue weighted by molar-refractivity contribution is 5.77. The highest BCUT2D eigenvalue weighted by Crippen LogP contribution is 2.18. The van der Waals surface area contributed by atoms with Gasteiger partial charge in [-0.1, -0.05) is 56.3 Å². The lowest BCUT2D eigenvalue weighted by atomic mass is 10.1. The Labute approximate surface area is 155 Å². The maximum Gasteiger partial charge on any atom is 0.222 e. The fraction of sp³-hybridized carbons (Fsp3) is 0.364. The molecule has 3 aromatic rings. The molecule has 26 heavy (non-hydrogen) atoms. The summed E-state index contributed by atoms with van der Waals surface area (Å²) in [6.45, 7) is 5.44. The van der Waals surface area contributed by atoms with Gasteiger partial charge in [0.1, 0.15) is 5.82 Å². The first-order chi connectivity index (χ1) is 12.6. The average Bonchev–Trinajstić information content (AvgIpc) is 3.01. The van der Waals surface area contributed by atoms with Crippen molar-refractivity contribution >= 4 is 16.9 Å². The summed E-state index contributed by atoms with van der Waals surface area (Å²) in [6.07, 6.45) is 2.74. The Morgan fingerprint density at radius 3 is 2.54 bits per heavy atom. The number of hydrogen-bond acceptors (Lipinski definition) is 2. The highest BCUT2D eigenvalue weighted by Gasteiger charge is 2.11. The number of aryl methyl sites for hydroxylation is 3. The van der Waals surface area contributed by atoms with E-state index in [1.807, 2.05) is 26.0 Å². The Kier molecular flexibility index (Phi) is 6.05. The van der Waals surface area contributed by atoms with E-state index in [2.05, 4.69) is 52.3 Å². The number of aromatic nitrogens is 2. The van der Waals surface area contributed by atoms with E-state index in [0.717, 1.165) is 37.1 Å². The summed E-state index contributed by atoms with van der Waals surface area (Å²) in [7, 11) is 0. The molecule has 2 aromatic carbocycles. The fourth-order valence-corrected chi connectivity index (χ4v) is 3.11. The first kappa shape index (κ1) is 18.2. The number of para-hydroxylation sites is 2. The van der Waals surface area contributed by atoms with Crippen molar-refractivity contribution in [1.82, 2.24) is 14.9 Å². The van der Waals surface area contributed by atoms with E-state index < -0.39 is 0 Å². The van der Waals surface area contributed by atoms with Gasteiger partial charge in [-0.3, -0.25) is 4.79 Å². The van der Waals surface area contributed by atoms with E-state index in [1.54, 1.807) is 0 Å². The Bertz CT molecular complexity index is 852. The summed E-state index contributed by atoms with van der Waals surface area (Å²) in [6, 6.07) is 18.8. The fourth-order valence-electron chi connectivity index (χ4n) is 3.11. The molecule has 4 nitrogen and oxygen atoms in total. The lowest BCUT2D eigenvalue weighted by molar-refractivity contribution is -0.123. The van der Waals surface area contributed by atoms with E-state index in [9.17, 15) is 4.79 Å². The molecule has 0 radical (unpaired) electrons. The molecule has 136 valence electrons. The van der Waals surface area contributed by atoms with Gasteiger partial charge < -0.3 is 9.88 Å². The van der Waals surface area contributed by atoms with Gasteiger partial charge in [-0.2, -0.15) is 0 Å². The topological polar surface area (TPSA) is 46.9 Å². The molecule has 0 aliphatic rings. The van der Waals surface area contributed by atoms with Gasteiger partial charge in [-0.15, -0.1) is 0 Å². The highest BCUT2D eigenvalue weighted by atomic mass is 16.1. The van der Waals surface area contributed by atoms with Crippen LogP contribution in [0.3, 0.4) is 0 Å². The van der Waals surface area contributed by atoms with Crippen molar-refractivity contribution in [1.29, 1.82) is 0 Å². The molecule has 3 rings (SSSR count). The van der Waals surface area contributed by atoms with Crippen molar-refractivity contribution in [3.63, 3.8) is 0 Å². The largest absolute Gasteiger partial charge is 0.356 e. The predicted molar refractivity (Wildman–Crippen MR) is 106 cm³/mol. The van der Waals surface area contributed by atoms with Crippen molar-refractivity contribution < 1.29 is 4.79 Å². The van der Waals surface area contributed by atoms with Crippen molar-refractivity contribution in [2.75, 3.05) is 6.54 Å². The zero-order valence-corrected chi connectivity index (χ0v) is 15.6. The predicted octanol–water partition coefficient (Wildman–Crippen LogP) is 3.98. The summed E-state index contributed by atoms with van der Waals surface area (Å²) in [4.78, 5) is 16.5. The van der Waals surface area contributed by atoms with Crippen LogP contribution in [0.15, 0.2) is 54.6 Å². The summed E-state index contributed by atoms with van der Waals surface area (Å²) < 4.78 is 2.33. The third kappa shape index (κ3) is 4.51. The van der Waals surface area contributed by atoms with Crippen LogP contribution < -0.4 is 5.32 Å². The molecule has 1 N–H and O–H groups in total. The van der Waals surface area contributed by atoms with Crippen LogP contribution in [-0.2, 0) is 24.2 Å². The van der Waals surface area contributed by atoms with Crippen LogP contribution in [0.2, 0.25) is 0 Å². The Hall–Kier alpha value is -2.62. The SMILES string of the molecule is CC(C)C(=O)NCCCc1nc2ccccc2n1CCc1ccccc1. The Balaban J connectivity index is 1.69. The monoisotopic (exact) mass is 349 g/mol. The maximum absolute atomic E-state index is 11.7. The number of nitrogens with one attached hydrogen (secondary N) is 1. The van der Waals surface area contributed by atoms with Crippen LogP contribution in [0.1, 0.15) is 31.7 Å². The van der Waals surface area contributed by atoms with Gasteiger partial charge in [-0.05, 0) is 30.5 Å². The van der Waals surface area contributed by atoms with Crippen LogP contribution in [0.25, 0.3) is 11.0 Å². The number of imidazole rings is 1. The van der Waals surface area contributed by atoms with E-state index in [0.29, 0.717) is 6.54 Å². The molecule has 0 aliphatic heterocycles.